The summed E-state index contributed by atoms with van der Waals surface area (Å²) in [6, 6.07) is 4.85. The van der Waals surface area contributed by atoms with Crippen LogP contribution in [0.5, 0.6) is 0 Å². The van der Waals surface area contributed by atoms with Crippen molar-refractivity contribution < 1.29 is 4.39 Å². The average Bonchev–Trinajstić information content (AvgIpc) is 2.32. The molecule has 0 aliphatic rings. The summed E-state index contributed by atoms with van der Waals surface area (Å²) in [5, 5.41) is 0. The predicted molar refractivity (Wildman–Crippen MR) is 79.0 cm³/mol. The molecule has 1 atom stereocenters. The molecule has 1 nitrogen and oxygen atoms in total. The van der Waals surface area contributed by atoms with Gasteiger partial charge in [0.1, 0.15) is 5.82 Å². The van der Waals surface area contributed by atoms with Gasteiger partial charge in [-0.1, -0.05) is 61.4 Å². The van der Waals surface area contributed by atoms with E-state index < -0.39 is 0 Å². The minimum Gasteiger partial charge on any atom is -0.324 e. The van der Waals surface area contributed by atoms with Gasteiger partial charge in [-0.05, 0) is 30.2 Å². The fourth-order valence-electron chi connectivity index (χ4n) is 2.10. The summed E-state index contributed by atoms with van der Waals surface area (Å²) in [6.45, 7) is 2.22. The molecule has 0 fully saturated rings. The van der Waals surface area contributed by atoms with Crippen LogP contribution in [-0.2, 0) is 0 Å². The second-order valence-corrected chi connectivity index (χ2v) is 5.78. The molecule has 0 spiro atoms. The van der Waals surface area contributed by atoms with Gasteiger partial charge >= 0.3 is 0 Å². The van der Waals surface area contributed by atoms with E-state index in [2.05, 4.69) is 22.9 Å². The van der Waals surface area contributed by atoms with E-state index in [0.717, 1.165) is 22.9 Å². The molecule has 0 saturated heterocycles. The molecule has 0 saturated carbocycles. The van der Waals surface area contributed by atoms with Crippen molar-refractivity contribution in [2.24, 2.45) is 5.73 Å². The summed E-state index contributed by atoms with van der Waals surface area (Å²) < 4.78 is 14.0. The molecule has 0 amide bonds. The van der Waals surface area contributed by atoms with Crippen molar-refractivity contribution in [3.05, 3.63) is 34.1 Å². The SMILES string of the molecule is CCCCCCCCC(N)c1cc(F)cc(Br)c1. The zero-order valence-electron chi connectivity index (χ0n) is 11.1. The van der Waals surface area contributed by atoms with E-state index in [1.165, 1.54) is 44.2 Å². The number of hydrogen-bond acceptors (Lipinski definition) is 1. The number of unbranched alkanes of at least 4 members (excludes halogenated alkanes) is 5. The monoisotopic (exact) mass is 315 g/mol. The second kappa shape index (κ2) is 8.65. The molecule has 1 unspecified atom stereocenters. The van der Waals surface area contributed by atoms with Crippen LogP contribution in [0.4, 0.5) is 4.39 Å². The maximum atomic E-state index is 13.2. The van der Waals surface area contributed by atoms with Crippen LogP contribution in [0.3, 0.4) is 0 Å². The minimum atomic E-state index is -0.224. The smallest absolute Gasteiger partial charge is 0.124 e. The van der Waals surface area contributed by atoms with Gasteiger partial charge in [0.15, 0.2) is 0 Å². The second-order valence-electron chi connectivity index (χ2n) is 4.87. The van der Waals surface area contributed by atoms with Crippen molar-refractivity contribution in [2.45, 2.75) is 57.9 Å². The first-order valence-electron chi connectivity index (χ1n) is 6.85. The molecule has 0 radical (unpaired) electrons. The number of rotatable bonds is 8. The molecular weight excluding hydrogens is 293 g/mol. The van der Waals surface area contributed by atoms with Crippen LogP contribution in [0, 0.1) is 5.82 Å². The first kappa shape index (κ1) is 15.6. The van der Waals surface area contributed by atoms with E-state index in [1.807, 2.05) is 6.07 Å². The third-order valence-electron chi connectivity index (χ3n) is 3.18. The molecule has 1 aromatic carbocycles. The third-order valence-corrected chi connectivity index (χ3v) is 3.64. The average molecular weight is 316 g/mol. The van der Waals surface area contributed by atoms with Crippen molar-refractivity contribution in [1.29, 1.82) is 0 Å². The normalized spacial score (nSPS) is 12.7. The standard InChI is InChI=1S/C15H23BrFN/c1-2-3-4-5-6-7-8-15(18)12-9-13(16)11-14(17)10-12/h9-11,15H,2-8,18H2,1H3. The molecule has 102 valence electrons. The molecule has 0 aliphatic carbocycles. The topological polar surface area (TPSA) is 26.0 Å². The predicted octanol–water partition coefficient (Wildman–Crippen LogP) is 5.34. The lowest BCUT2D eigenvalue weighted by atomic mass is 10.0. The van der Waals surface area contributed by atoms with Crippen LogP contribution in [-0.4, -0.2) is 0 Å². The highest BCUT2D eigenvalue weighted by Crippen LogP contribution is 2.22. The van der Waals surface area contributed by atoms with Gasteiger partial charge in [0, 0.05) is 10.5 Å². The lowest BCUT2D eigenvalue weighted by Crippen LogP contribution is -2.10. The zero-order valence-corrected chi connectivity index (χ0v) is 12.7. The lowest BCUT2D eigenvalue weighted by Gasteiger charge is -2.12. The fourth-order valence-corrected chi connectivity index (χ4v) is 2.58. The van der Waals surface area contributed by atoms with E-state index in [-0.39, 0.29) is 11.9 Å². The molecule has 0 bridgehead atoms. The van der Waals surface area contributed by atoms with Crippen LogP contribution in [0.25, 0.3) is 0 Å². The Morgan fingerprint density at radius 1 is 1.11 bits per heavy atom. The van der Waals surface area contributed by atoms with Crippen molar-refractivity contribution in [3.63, 3.8) is 0 Å². The van der Waals surface area contributed by atoms with Gasteiger partial charge in [-0.15, -0.1) is 0 Å². The Bertz CT molecular complexity index is 334. The Kier molecular flexibility index (Phi) is 7.52. The van der Waals surface area contributed by atoms with Crippen molar-refractivity contribution in [2.75, 3.05) is 0 Å². The number of nitrogens with two attached hydrogens (primary N) is 1. The van der Waals surface area contributed by atoms with E-state index in [9.17, 15) is 4.39 Å². The summed E-state index contributed by atoms with van der Waals surface area (Å²) in [5.41, 5.74) is 6.97. The molecule has 18 heavy (non-hydrogen) atoms. The molecule has 0 aromatic heterocycles. The number of benzene rings is 1. The van der Waals surface area contributed by atoms with Gasteiger partial charge in [-0.3, -0.25) is 0 Å². The highest BCUT2D eigenvalue weighted by Gasteiger charge is 2.08. The summed E-state index contributed by atoms with van der Waals surface area (Å²) in [4.78, 5) is 0. The van der Waals surface area contributed by atoms with E-state index in [4.69, 9.17) is 5.73 Å². The molecular formula is C15H23BrFN. The summed E-state index contributed by atoms with van der Waals surface area (Å²) in [5.74, 6) is -0.224. The number of halogens is 2. The van der Waals surface area contributed by atoms with Crippen LogP contribution >= 0.6 is 15.9 Å². The van der Waals surface area contributed by atoms with Crippen LogP contribution in [0.1, 0.15) is 63.5 Å². The van der Waals surface area contributed by atoms with Gasteiger partial charge in [0.2, 0.25) is 0 Å². The van der Waals surface area contributed by atoms with Gasteiger partial charge < -0.3 is 5.73 Å². The Balaban J connectivity index is 2.29. The van der Waals surface area contributed by atoms with Crippen molar-refractivity contribution >= 4 is 15.9 Å². The molecule has 0 aliphatic heterocycles. The quantitative estimate of drug-likeness (QED) is 0.644. The van der Waals surface area contributed by atoms with E-state index in [0.29, 0.717) is 0 Å². The zero-order chi connectivity index (χ0) is 13.4. The summed E-state index contributed by atoms with van der Waals surface area (Å²) in [6.07, 6.45) is 8.48. The van der Waals surface area contributed by atoms with E-state index >= 15 is 0 Å². The Hall–Kier alpha value is -0.410. The highest BCUT2D eigenvalue weighted by atomic mass is 79.9. The van der Waals surface area contributed by atoms with Gasteiger partial charge in [-0.2, -0.15) is 0 Å². The van der Waals surface area contributed by atoms with Crippen LogP contribution in [0.15, 0.2) is 22.7 Å². The maximum absolute atomic E-state index is 13.2. The number of hydrogen-bond donors (Lipinski definition) is 1. The third kappa shape index (κ3) is 5.96. The van der Waals surface area contributed by atoms with Gasteiger partial charge in [-0.25, -0.2) is 4.39 Å². The fraction of sp³-hybridized carbons (Fsp3) is 0.600. The molecule has 1 rings (SSSR count). The Morgan fingerprint density at radius 2 is 1.78 bits per heavy atom. The van der Waals surface area contributed by atoms with E-state index in [1.54, 1.807) is 0 Å². The molecule has 0 heterocycles. The first-order chi connectivity index (χ1) is 8.63. The summed E-state index contributed by atoms with van der Waals surface area (Å²) >= 11 is 3.30. The Labute approximate surface area is 118 Å². The van der Waals surface area contributed by atoms with Crippen LogP contribution < -0.4 is 5.73 Å². The molecule has 3 heteroatoms. The van der Waals surface area contributed by atoms with Crippen molar-refractivity contribution in [3.8, 4) is 0 Å². The molecule has 2 N–H and O–H groups in total. The summed E-state index contributed by atoms with van der Waals surface area (Å²) in [7, 11) is 0. The van der Waals surface area contributed by atoms with Crippen LogP contribution in [0.2, 0.25) is 0 Å². The molecule has 1 aromatic rings. The largest absolute Gasteiger partial charge is 0.324 e. The highest BCUT2D eigenvalue weighted by molar-refractivity contribution is 9.10. The first-order valence-corrected chi connectivity index (χ1v) is 7.64. The van der Waals surface area contributed by atoms with Gasteiger partial charge in [0.25, 0.3) is 0 Å². The maximum Gasteiger partial charge on any atom is 0.124 e. The Morgan fingerprint density at radius 3 is 2.44 bits per heavy atom. The minimum absolute atomic E-state index is 0.0526. The van der Waals surface area contributed by atoms with Crippen molar-refractivity contribution in [1.82, 2.24) is 0 Å². The lowest BCUT2D eigenvalue weighted by molar-refractivity contribution is 0.543. The van der Waals surface area contributed by atoms with Gasteiger partial charge in [0.05, 0.1) is 0 Å².